The maximum Gasteiger partial charge on any atom is 0.317 e. The van der Waals surface area contributed by atoms with E-state index in [2.05, 4.69) is 11.2 Å². The Morgan fingerprint density at radius 2 is 2.03 bits per heavy atom. The Hall–Kier alpha value is -2.72. The number of benzene rings is 1. The Bertz CT molecular complexity index is 1160. The van der Waals surface area contributed by atoms with Gasteiger partial charge < -0.3 is 4.74 Å². The van der Waals surface area contributed by atoms with Crippen LogP contribution in [-0.2, 0) is 39.6 Å². The van der Waals surface area contributed by atoms with E-state index >= 15 is 0 Å². The summed E-state index contributed by atoms with van der Waals surface area (Å²) in [5.41, 5.74) is -0.192. The molecule has 1 saturated heterocycles. The average Bonchev–Trinajstić information content (AvgIpc) is 3.45. The molecule has 0 bridgehead atoms. The monoisotopic (exact) mass is 499 g/mol. The third-order valence-corrected chi connectivity index (χ3v) is 7.94. The van der Waals surface area contributed by atoms with Gasteiger partial charge in [-0.2, -0.15) is 10.4 Å². The lowest BCUT2D eigenvalue weighted by Gasteiger charge is -2.43. The van der Waals surface area contributed by atoms with Gasteiger partial charge in [0.2, 0.25) is 0 Å². The lowest BCUT2D eigenvalue weighted by atomic mass is 9.73. The van der Waals surface area contributed by atoms with Gasteiger partial charge in [-0.3, -0.25) is 14.3 Å². The highest BCUT2D eigenvalue weighted by Crippen LogP contribution is 2.45. The van der Waals surface area contributed by atoms with Crippen LogP contribution in [0.15, 0.2) is 24.4 Å². The van der Waals surface area contributed by atoms with E-state index in [0.717, 1.165) is 31.2 Å². The summed E-state index contributed by atoms with van der Waals surface area (Å²) in [4.78, 5) is 26.4. The van der Waals surface area contributed by atoms with Crippen molar-refractivity contribution in [3.63, 3.8) is 0 Å². The first-order valence-corrected chi connectivity index (χ1v) is 12.6. The van der Waals surface area contributed by atoms with E-state index < -0.39 is 28.7 Å². The van der Waals surface area contributed by atoms with Crippen LogP contribution in [0.2, 0.25) is 5.02 Å². The van der Waals surface area contributed by atoms with E-state index in [-0.39, 0.29) is 24.5 Å². The largest absolute Gasteiger partial charge is 0.458 e. The Kier molecular flexibility index (Phi) is 7.06. The molecule has 0 amide bonds. The van der Waals surface area contributed by atoms with Crippen molar-refractivity contribution in [3.05, 3.63) is 52.1 Å². The van der Waals surface area contributed by atoms with Crippen LogP contribution in [0.25, 0.3) is 0 Å². The number of carbonyl (C=O) groups excluding carboxylic acids is 2. The van der Waals surface area contributed by atoms with E-state index in [1.807, 2.05) is 6.07 Å². The van der Waals surface area contributed by atoms with Crippen molar-refractivity contribution in [1.82, 2.24) is 9.78 Å². The number of esters is 1. The van der Waals surface area contributed by atoms with E-state index in [9.17, 15) is 19.2 Å². The number of aryl methyl sites for hydroxylation is 2. The van der Waals surface area contributed by atoms with Crippen molar-refractivity contribution in [3.8, 4) is 6.07 Å². The molecule has 4 rings (SSSR count). The molecular weight excluding hydrogens is 469 g/mol. The number of nitriles is 1. The maximum atomic E-state index is 14.8. The molecule has 0 N–H and O–H groups in total. The molecule has 186 valence electrons. The zero-order valence-corrected chi connectivity index (χ0v) is 21.2. The average molecular weight is 500 g/mol. The van der Waals surface area contributed by atoms with E-state index in [0.29, 0.717) is 29.1 Å². The number of rotatable bonds is 7. The Balaban J connectivity index is 1.53. The quantitative estimate of drug-likeness (QED) is 0.383. The minimum absolute atomic E-state index is 0.108. The van der Waals surface area contributed by atoms with Gasteiger partial charge in [-0.1, -0.05) is 36.6 Å². The van der Waals surface area contributed by atoms with Gasteiger partial charge in [0.1, 0.15) is 17.3 Å². The number of cyclic esters (lactones) is 1. The molecule has 0 radical (unpaired) electrons. The number of ketones is 1. The number of halogens is 2. The minimum atomic E-state index is -0.926. The second-order valence-corrected chi connectivity index (χ2v) is 10.9. The first-order chi connectivity index (χ1) is 16.5. The van der Waals surface area contributed by atoms with Crippen molar-refractivity contribution in [2.75, 3.05) is 0 Å². The van der Waals surface area contributed by atoms with Crippen LogP contribution in [0.4, 0.5) is 4.39 Å². The normalized spacial score (nSPS) is 23.4. The maximum absolute atomic E-state index is 14.8. The molecule has 6 nitrogen and oxygen atoms in total. The molecule has 2 aromatic rings. The molecule has 1 aliphatic carbocycles. The molecular formula is C27H31ClFN3O3. The van der Waals surface area contributed by atoms with Crippen LogP contribution in [0.3, 0.4) is 0 Å². The Labute approximate surface area is 210 Å². The fraction of sp³-hybridized carbons (Fsp3) is 0.556. The van der Waals surface area contributed by atoms with Gasteiger partial charge in [-0.15, -0.1) is 0 Å². The molecule has 2 unspecified atom stereocenters. The number of hydrogen-bond donors (Lipinski definition) is 0. The van der Waals surface area contributed by atoms with Crippen LogP contribution in [0.1, 0.15) is 69.2 Å². The van der Waals surface area contributed by atoms with Crippen LogP contribution in [0.5, 0.6) is 0 Å². The standard InChI is InChI=1S/C27H31ClFN3O3/c1-26(2,16-30)20-9-8-17(12-22(20)29)10-11-27(18-6-4-5-7-18)14-24(33)19(25(34)35-27)13-23-21(28)15-32(3)31-23/h8-9,12,15,18-19H,4-7,10-11,13-14H2,1-3H3. The second-order valence-electron chi connectivity index (χ2n) is 10.5. The molecule has 0 spiro atoms. The summed E-state index contributed by atoms with van der Waals surface area (Å²) in [5, 5.41) is 14.0. The molecule has 1 aromatic heterocycles. The molecule has 2 heterocycles. The van der Waals surface area contributed by atoms with E-state index in [4.69, 9.17) is 16.3 Å². The van der Waals surface area contributed by atoms with Gasteiger partial charge in [0.15, 0.2) is 5.78 Å². The fourth-order valence-electron chi connectivity index (χ4n) is 5.55. The third kappa shape index (κ3) is 5.13. The first-order valence-electron chi connectivity index (χ1n) is 12.2. The van der Waals surface area contributed by atoms with Crippen LogP contribution in [-0.4, -0.2) is 27.1 Å². The van der Waals surface area contributed by atoms with Crippen LogP contribution < -0.4 is 0 Å². The molecule has 1 aromatic carbocycles. The predicted molar refractivity (Wildman–Crippen MR) is 129 cm³/mol. The topological polar surface area (TPSA) is 85.0 Å². The van der Waals surface area contributed by atoms with Crippen molar-refractivity contribution in [1.29, 1.82) is 5.26 Å². The van der Waals surface area contributed by atoms with Gasteiger partial charge in [0.05, 0.1) is 22.2 Å². The zero-order chi connectivity index (χ0) is 25.4. The van der Waals surface area contributed by atoms with Gasteiger partial charge in [0, 0.05) is 31.6 Å². The summed E-state index contributed by atoms with van der Waals surface area (Å²) in [6, 6.07) is 7.06. The molecule has 1 saturated carbocycles. The van der Waals surface area contributed by atoms with Gasteiger partial charge >= 0.3 is 5.97 Å². The molecule has 2 atom stereocenters. The van der Waals surface area contributed by atoms with Crippen molar-refractivity contribution < 1.29 is 18.7 Å². The third-order valence-electron chi connectivity index (χ3n) is 7.62. The summed E-state index contributed by atoms with van der Waals surface area (Å²) < 4.78 is 22.5. The Morgan fingerprint density at radius 3 is 2.60 bits per heavy atom. The summed E-state index contributed by atoms with van der Waals surface area (Å²) in [5.74, 6) is -1.90. The smallest absolute Gasteiger partial charge is 0.317 e. The second kappa shape index (κ2) is 9.73. The highest BCUT2D eigenvalue weighted by molar-refractivity contribution is 6.31. The van der Waals surface area contributed by atoms with Gasteiger partial charge in [-0.05, 0) is 57.1 Å². The molecule has 2 aliphatic rings. The predicted octanol–water partition coefficient (Wildman–Crippen LogP) is 5.25. The van der Waals surface area contributed by atoms with E-state index in [1.54, 1.807) is 37.8 Å². The zero-order valence-electron chi connectivity index (χ0n) is 20.4. The summed E-state index contributed by atoms with van der Waals surface area (Å²) >= 11 is 6.20. The van der Waals surface area contributed by atoms with Gasteiger partial charge in [0.25, 0.3) is 0 Å². The van der Waals surface area contributed by atoms with Crippen molar-refractivity contribution in [2.24, 2.45) is 18.9 Å². The number of hydrogen-bond acceptors (Lipinski definition) is 5. The van der Waals surface area contributed by atoms with Crippen LogP contribution >= 0.6 is 11.6 Å². The number of nitrogens with zero attached hydrogens (tertiary/aromatic N) is 3. The molecule has 2 fully saturated rings. The number of Topliss-reactive ketones (excluding diaryl/α,β-unsaturated/α-hetero) is 1. The number of ether oxygens (including phenoxy) is 1. The SMILES string of the molecule is Cn1cc(Cl)c(CC2C(=O)CC(CCc3ccc(C(C)(C)C#N)c(F)c3)(C3CCCC3)OC2=O)n1. The van der Waals surface area contributed by atoms with Crippen molar-refractivity contribution in [2.45, 2.75) is 76.2 Å². The minimum Gasteiger partial charge on any atom is -0.458 e. The Morgan fingerprint density at radius 1 is 1.31 bits per heavy atom. The first kappa shape index (κ1) is 25.4. The lowest BCUT2D eigenvalue weighted by molar-refractivity contribution is -0.185. The summed E-state index contributed by atoms with van der Waals surface area (Å²) in [7, 11) is 1.73. The summed E-state index contributed by atoms with van der Waals surface area (Å²) in [6.45, 7) is 3.36. The van der Waals surface area contributed by atoms with Gasteiger partial charge in [-0.25, -0.2) is 4.39 Å². The number of carbonyl (C=O) groups is 2. The molecule has 1 aliphatic heterocycles. The highest BCUT2D eigenvalue weighted by Gasteiger charge is 2.51. The summed E-state index contributed by atoms with van der Waals surface area (Å²) in [6.07, 6.45) is 6.72. The van der Waals surface area contributed by atoms with Crippen LogP contribution in [0, 0.1) is 29.0 Å². The highest BCUT2D eigenvalue weighted by atomic mass is 35.5. The lowest BCUT2D eigenvalue weighted by Crippen LogP contribution is -2.52. The molecule has 35 heavy (non-hydrogen) atoms. The van der Waals surface area contributed by atoms with E-state index in [1.165, 1.54) is 6.07 Å². The number of aromatic nitrogens is 2. The fourth-order valence-corrected chi connectivity index (χ4v) is 5.81. The molecule has 8 heteroatoms. The van der Waals surface area contributed by atoms with Crippen molar-refractivity contribution >= 4 is 23.4 Å².